The Morgan fingerprint density at radius 2 is 1.88 bits per heavy atom. The van der Waals surface area contributed by atoms with Crippen LogP contribution in [0.2, 0.25) is 0 Å². The second kappa shape index (κ2) is 6.19. The summed E-state index contributed by atoms with van der Waals surface area (Å²) in [4.78, 5) is 2.80. The molecule has 0 spiro atoms. The number of hydrogen-bond donors (Lipinski definition) is 1. The minimum atomic E-state index is 0.623. The van der Waals surface area contributed by atoms with Gasteiger partial charge >= 0.3 is 0 Å². The van der Waals surface area contributed by atoms with Crippen molar-refractivity contribution in [2.75, 3.05) is 19.6 Å². The monoisotopic (exact) mass is 238 g/mol. The van der Waals surface area contributed by atoms with Gasteiger partial charge in [0.15, 0.2) is 0 Å². The van der Waals surface area contributed by atoms with Crippen LogP contribution in [0.15, 0.2) is 0 Å². The first-order chi connectivity index (χ1) is 8.16. The fourth-order valence-corrected chi connectivity index (χ4v) is 3.69. The summed E-state index contributed by atoms with van der Waals surface area (Å²) >= 11 is 0. The van der Waals surface area contributed by atoms with E-state index in [1.807, 2.05) is 0 Å². The number of piperidine rings is 1. The Bertz CT molecular complexity index is 227. The lowest BCUT2D eigenvalue weighted by molar-refractivity contribution is 0.0968. The average Bonchev–Trinajstić information content (AvgIpc) is 2.75. The van der Waals surface area contributed by atoms with Crippen molar-refractivity contribution >= 4 is 0 Å². The summed E-state index contributed by atoms with van der Waals surface area (Å²) < 4.78 is 0. The highest BCUT2D eigenvalue weighted by molar-refractivity contribution is 4.89. The van der Waals surface area contributed by atoms with Gasteiger partial charge in [0.1, 0.15) is 0 Å². The molecule has 0 aromatic carbocycles. The largest absolute Gasteiger partial charge is 0.314 e. The third-order valence-electron chi connectivity index (χ3n) is 4.53. The van der Waals surface area contributed by atoms with Crippen molar-refractivity contribution in [1.82, 2.24) is 10.2 Å². The van der Waals surface area contributed by atoms with Gasteiger partial charge in [-0.05, 0) is 50.6 Å². The highest BCUT2D eigenvalue weighted by Gasteiger charge is 2.34. The van der Waals surface area contributed by atoms with Crippen molar-refractivity contribution in [1.29, 1.82) is 0 Å². The maximum atomic E-state index is 3.57. The maximum absolute atomic E-state index is 3.57. The molecule has 1 saturated carbocycles. The van der Waals surface area contributed by atoms with Crippen LogP contribution >= 0.6 is 0 Å². The predicted octanol–water partition coefficient (Wildman–Crippen LogP) is 2.89. The van der Waals surface area contributed by atoms with Gasteiger partial charge in [-0.1, -0.05) is 27.2 Å². The lowest BCUT2D eigenvalue weighted by Gasteiger charge is -2.39. The third kappa shape index (κ3) is 3.69. The second-order valence-corrected chi connectivity index (χ2v) is 6.56. The Morgan fingerprint density at radius 3 is 2.65 bits per heavy atom. The Morgan fingerprint density at radius 1 is 1.12 bits per heavy atom. The first-order valence-corrected chi connectivity index (χ1v) is 7.64. The molecule has 0 aromatic heterocycles. The first-order valence-electron chi connectivity index (χ1n) is 7.64. The van der Waals surface area contributed by atoms with Gasteiger partial charge in [0, 0.05) is 18.6 Å². The second-order valence-electron chi connectivity index (χ2n) is 6.56. The van der Waals surface area contributed by atoms with Crippen LogP contribution in [0.5, 0.6) is 0 Å². The molecule has 1 saturated heterocycles. The molecule has 0 radical (unpaired) electrons. The van der Waals surface area contributed by atoms with Crippen molar-refractivity contribution in [2.45, 2.75) is 65.0 Å². The molecule has 17 heavy (non-hydrogen) atoms. The molecule has 0 amide bonds. The van der Waals surface area contributed by atoms with E-state index in [0.29, 0.717) is 6.04 Å². The first kappa shape index (κ1) is 13.4. The summed E-state index contributed by atoms with van der Waals surface area (Å²) in [5, 5.41) is 3.57. The van der Waals surface area contributed by atoms with Gasteiger partial charge in [0.25, 0.3) is 0 Å². The van der Waals surface area contributed by atoms with Crippen molar-refractivity contribution in [3.05, 3.63) is 0 Å². The number of rotatable bonds is 5. The normalized spacial score (nSPS) is 31.8. The van der Waals surface area contributed by atoms with Crippen LogP contribution in [-0.4, -0.2) is 36.6 Å². The summed E-state index contributed by atoms with van der Waals surface area (Å²) in [5.41, 5.74) is 0. The van der Waals surface area contributed by atoms with Crippen molar-refractivity contribution in [2.24, 2.45) is 11.8 Å². The van der Waals surface area contributed by atoms with E-state index in [0.717, 1.165) is 17.9 Å². The van der Waals surface area contributed by atoms with Gasteiger partial charge in [-0.2, -0.15) is 0 Å². The van der Waals surface area contributed by atoms with Crippen LogP contribution in [0.1, 0.15) is 52.9 Å². The van der Waals surface area contributed by atoms with E-state index < -0.39 is 0 Å². The molecule has 3 atom stereocenters. The van der Waals surface area contributed by atoms with E-state index >= 15 is 0 Å². The summed E-state index contributed by atoms with van der Waals surface area (Å²) in [5.74, 6) is 1.82. The summed E-state index contributed by atoms with van der Waals surface area (Å²) in [7, 11) is 0. The number of nitrogens with zero attached hydrogens (tertiary/aromatic N) is 1. The number of likely N-dealkylation sites (tertiary alicyclic amines) is 1. The molecule has 2 nitrogen and oxygen atoms in total. The maximum Gasteiger partial charge on any atom is 0.0124 e. The molecule has 2 rings (SSSR count). The molecule has 3 unspecified atom stereocenters. The predicted molar refractivity (Wildman–Crippen MR) is 74.2 cm³/mol. The third-order valence-corrected chi connectivity index (χ3v) is 4.53. The highest BCUT2D eigenvalue weighted by atomic mass is 15.2. The van der Waals surface area contributed by atoms with Crippen LogP contribution in [0.4, 0.5) is 0 Å². The zero-order valence-corrected chi connectivity index (χ0v) is 11.9. The van der Waals surface area contributed by atoms with Crippen molar-refractivity contribution in [3.63, 3.8) is 0 Å². The van der Waals surface area contributed by atoms with E-state index in [2.05, 4.69) is 31.0 Å². The van der Waals surface area contributed by atoms with E-state index in [-0.39, 0.29) is 0 Å². The molecular weight excluding hydrogens is 208 g/mol. The van der Waals surface area contributed by atoms with Crippen LogP contribution in [0, 0.1) is 11.8 Å². The van der Waals surface area contributed by atoms with Gasteiger partial charge in [-0.3, -0.25) is 4.90 Å². The number of nitrogens with one attached hydrogen (secondary N) is 1. The number of hydrogen-bond acceptors (Lipinski definition) is 2. The zero-order valence-electron chi connectivity index (χ0n) is 11.9. The number of fused-ring (bicyclic) bond motifs is 1. The molecule has 1 aliphatic heterocycles. The topological polar surface area (TPSA) is 15.3 Å². The van der Waals surface area contributed by atoms with E-state index in [1.54, 1.807) is 0 Å². The van der Waals surface area contributed by atoms with Gasteiger partial charge in [0.05, 0.1) is 0 Å². The zero-order chi connectivity index (χ0) is 12.3. The Hall–Kier alpha value is -0.0800. The van der Waals surface area contributed by atoms with Gasteiger partial charge in [-0.15, -0.1) is 0 Å². The van der Waals surface area contributed by atoms with Gasteiger partial charge in [-0.25, -0.2) is 0 Å². The van der Waals surface area contributed by atoms with Crippen LogP contribution in [0.25, 0.3) is 0 Å². The molecular formula is C15H30N2. The lowest BCUT2D eigenvalue weighted by Crippen LogP contribution is -2.46. The highest BCUT2D eigenvalue weighted by Crippen LogP contribution is 2.36. The standard InChI is InChI=1S/C15H30N2/c1-12(2)16-10-13(3)11-17-9-5-7-14-6-4-8-15(14)17/h12-16H,4-11H2,1-3H3. The molecule has 100 valence electrons. The molecule has 0 aromatic rings. The molecule has 2 fully saturated rings. The van der Waals surface area contributed by atoms with E-state index in [9.17, 15) is 0 Å². The summed E-state index contributed by atoms with van der Waals surface area (Å²) in [6.07, 6.45) is 7.38. The summed E-state index contributed by atoms with van der Waals surface area (Å²) in [6, 6.07) is 1.56. The minimum absolute atomic E-state index is 0.623. The molecule has 1 N–H and O–H groups in total. The Balaban J connectivity index is 1.77. The summed E-state index contributed by atoms with van der Waals surface area (Å²) in [6.45, 7) is 10.7. The van der Waals surface area contributed by atoms with Crippen molar-refractivity contribution in [3.8, 4) is 0 Å². The van der Waals surface area contributed by atoms with Crippen molar-refractivity contribution < 1.29 is 0 Å². The minimum Gasteiger partial charge on any atom is -0.314 e. The fourth-order valence-electron chi connectivity index (χ4n) is 3.69. The Kier molecular flexibility index (Phi) is 4.87. The van der Waals surface area contributed by atoms with Gasteiger partial charge < -0.3 is 5.32 Å². The molecule has 0 bridgehead atoms. The SMILES string of the molecule is CC(CNC(C)C)CN1CCCC2CCCC21. The fraction of sp³-hybridized carbons (Fsp3) is 1.00. The average molecular weight is 238 g/mol. The van der Waals surface area contributed by atoms with E-state index in [4.69, 9.17) is 0 Å². The van der Waals surface area contributed by atoms with Gasteiger partial charge in [0.2, 0.25) is 0 Å². The molecule has 1 heterocycles. The smallest absolute Gasteiger partial charge is 0.0124 e. The molecule has 2 aliphatic rings. The lowest BCUT2D eigenvalue weighted by atomic mass is 9.91. The van der Waals surface area contributed by atoms with E-state index in [1.165, 1.54) is 51.7 Å². The quantitative estimate of drug-likeness (QED) is 0.792. The van der Waals surface area contributed by atoms with Crippen LogP contribution in [-0.2, 0) is 0 Å². The van der Waals surface area contributed by atoms with Crippen LogP contribution in [0.3, 0.4) is 0 Å². The molecule has 2 heteroatoms. The van der Waals surface area contributed by atoms with Crippen LogP contribution < -0.4 is 5.32 Å². The molecule has 1 aliphatic carbocycles. The Labute approximate surface area is 107 Å².